The molecule has 0 amide bonds. The normalized spacial score (nSPS) is 21.2. The third kappa shape index (κ3) is 1.78. The van der Waals surface area contributed by atoms with Crippen LogP contribution in [-0.4, -0.2) is 36.1 Å². The first-order valence-corrected chi connectivity index (χ1v) is 6.22. The second-order valence-electron chi connectivity index (χ2n) is 4.91. The number of nitrogens with zero attached hydrogens (tertiary/aromatic N) is 3. The Kier molecular flexibility index (Phi) is 2.70. The number of halogens is 1. The first-order chi connectivity index (χ1) is 8.29. The summed E-state index contributed by atoms with van der Waals surface area (Å²) in [6.45, 7) is 1.66. The Morgan fingerprint density at radius 1 is 1.35 bits per heavy atom. The van der Waals surface area contributed by atoms with E-state index in [1.54, 1.807) is 0 Å². The predicted octanol–water partition coefficient (Wildman–Crippen LogP) is 1.29. The van der Waals surface area contributed by atoms with Crippen LogP contribution in [0.25, 0.3) is 0 Å². The van der Waals surface area contributed by atoms with Crippen LogP contribution in [0.15, 0.2) is 6.33 Å². The van der Waals surface area contributed by atoms with Crippen LogP contribution in [-0.2, 0) is 0 Å². The highest BCUT2D eigenvalue weighted by atomic mass is 19.1. The molecule has 1 aliphatic heterocycles. The molecule has 2 fully saturated rings. The van der Waals surface area contributed by atoms with Crippen molar-refractivity contribution in [2.24, 2.45) is 0 Å². The van der Waals surface area contributed by atoms with Gasteiger partial charge in [-0.1, -0.05) is 6.42 Å². The number of hydrogen-bond donors (Lipinski definition) is 1. The van der Waals surface area contributed by atoms with E-state index in [1.165, 1.54) is 12.7 Å². The first-order valence-electron chi connectivity index (χ1n) is 6.22. The average molecular weight is 236 g/mol. The Balaban J connectivity index is 1.80. The summed E-state index contributed by atoms with van der Waals surface area (Å²) in [5, 5.41) is 3.17. The summed E-state index contributed by atoms with van der Waals surface area (Å²) in [4.78, 5) is 10.2. The number of rotatable bonds is 3. The zero-order valence-electron chi connectivity index (χ0n) is 9.99. The maximum Gasteiger partial charge on any atom is 0.187 e. The molecule has 0 spiro atoms. The monoisotopic (exact) mass is 236 g/mol. The minimum Gasteiger partial charge on any atom is -0.351 e. The number of hydrogen-bond acceptors (Lipinski definition) is 4. The number of anilines is 1. The molecule has 2 heterocycles. The lowest BCUT2D eigenvalue weighted by Gasteiger charge is -2.40. The van der Waals surface area contributed by atoms with E-state index in [4.69, 9.17) is 0 Å². The molecule has 5 heteroatoms. The van der Waals surface area contributed by atoms with Crippen molar-refractivity contribution < 1.29 is 4.39 Å². The van der Waals surface area contributed by atoms with Gasteiger partial charge in [0.2, 0.25) is 0 Å². The lowest BCUT2D eigenvalue weighted by molar-refractivity contribution is 0.387. The van der Waals surface area contributed by atoms with E-state index >= 15 is 0 Å². The minimum atomic E-state index is -0.202. The fourth-order valence-electron chi connectivity index (χ4n) is 2.39. The second kappa shape index (κ2) is 4.22. The molecule has 17 heavy (non-hydrogen) atoms. The molecule has 1 aromatic heterocycles. The maximum atomic E-state index is 14.3. The maximum absolute atomic E-state index is 14.3. The molecule has 3 rings (SSSR count). The average Bonchev–Trinajstić information content (AvgIpc) is 2.19. The second-order valence-corrected chi connectivity index (χ2v) is 4.91. The van der Waals surface area contributed by atoms with Gasteiger partial charge in [-0.15, -0.1) is 0 Å². The van der Waals surface area contributed by atoms with Crippen molar-refractivity contribution in [2.45, 2.75) is 31.2 Å². The first kappa shape index (κ1) is 10.9. The Bertz CT molecular complexity index is 413. The van der Waals surface area contributed by atoms with Gasteiger partial charge in [0.1, 0.15) is 6.33 Å². The molecular formula is C12H17FN4. The molecule has 0 bridgehead atoms. The third-order valence-corrected chi connectivity index (χ3v) is 3.88. The fourth-order valence-corrected chi connectivity index (χ4v) is 2.39. The summed E-state index contributed by atoms with van der Waals surface area (Å²) in [5.41, 5.74) is 0.620. The largest absolute Gasteiger partial charge is 0.351 e. The van der Waals surface area contributed by atoms with Gasteiger partial charge in [-0.25, -0.2) is 14.4 Å². The topological polar surface area (TPSA) is 41.0 Å². The highest BCUT2D eigenvalue weighted by Gasteiger charge is 2.32. The molecule has 92 valence electrons. The van der Waals surface area contributed by atoms with Crippen LogP contribution in [0.1, 0.15) is 30.9 Å². The van der Waals surface area contributed by atoms with E-state index in [1.807, 2.05) is 11.9 Å². The van der Waals surface area contributed by atoms with E-state index in [-0.39, 0.29) is 5.82 Å². The molecule has 0 atom stereocenters. The van der Waals surface area contributed by atoms with E-state index in [2.05, 4.69) is 15.3 Å². The van der Waals surface area contributed by atoms with Gasteiger partial charge in [0.25, 0.3) is 0 Å². The van der Waals surface area contributed by atoms with Crippen molar-refractivity contribution in [3.63, 3.8) is 0 Å². The highest BCUT2D eigenvalue weighted by molar-refractivity contribution is 5.45. The molecule has 4 nitrogen and oxygen atoms in total. The van der Waals surface area contributed by atoms with Crippen molar-refractivity contribution in [3.8, 4) is 0 Å². The quantitative estimate of drug-likeness (QED) is 0.858. The van der Waals surface area contributed by atoms with E-state index in [0.717, 1.165) is 25.9 Å². The third-order valence-electron chi connectivity index (χ3n) is 3.88. The molecular weight excluding hydrogens is 219 g/mol. The van der Waals surface area contributed by atoms with Crippen LogP contribution in [0.4, 0.5) is 10.2 Å². The van der Waals surface area contributed by atoms with Gasteiger partial charge in [0, 0.05) is 25.0 Å². The van der Waals surface area contributed by atoms with Crippen molar-refractivity contribution >= 4 is 5.82 Å². The number of likely N-dealkylation sites (N-methyl/N-ethyl adjacent to an activating group) is 1. The van der Waals surface area contributed by atoms with E-state index in [9.17, 15) is 4.39 Å². The molecule has 1 aromatic rings. The molecule has 1 saturated heterocycles. The summed E-state index contributed by atoms with van der Waals surface area (Å²) >= 11 is 0. The molecule has 0 radical (unpaired) electrons. The smallest absolute Gasteiger partial charge is 0.187 e. The molecule has 2 aliphatic rings. The molecule has 1 saturated carbocycles. The van der Waals surface area contributed by atoms with Crippen molar-refractivity contribution in [3.05, 3.63) is 17.8 Å². The summed E-state index contributed by atoms with van der Waals surface area (Å²) in [6, 6.07) is 0.455. The molecule has 0 aromatic carbocycles. The lowest BCUT2D eigenvalue weighted by Crippen LogP contribution is -2.57. The number of nitrogens with one attached hydrogen (secondary N) is 1. The van der Waals surface area contributed by atoms with Gasteiger partial charge < -0.3 is 10.2 Å². The Labute approximate surface area is 100 Å². The standard InChI is InChI=1S/C12H17FN4/c1-14-9-5-17(6-9)12-10(13)11(15-7-16-12)8-3-2-4-8/h7-9,14H,2-6H2,1H3. The van der Waals surface area contributed by atoms with Crippen LogP contribution < -0.4 is 10.2 Å². The molecule has 1 aliphatic carbocycles. The predicted molar refractivity (Wildman–Crippen MR) is 63.6 cm³/mol. The van der Waals surface area contributed by atoms with Gasteiger partial charge in [-0.3, -0.25) is 0 Å². The van der Waals surface area contributed by atoms with Gasteiger partial charge in [-0.2, -0.15) is 0 Å². The van der Waals surface area contributed by atoms with Gasteiger partial charge in [0.05, 0.1) is 5.69 Å². The van der Waals surface area contributed by atoms with Crippen LogP contribution in [0.5, 0.6) is 0 Å². The summed E-state index contributed by atoms with van der Waals surface area (Å²) in [5.74, 6) is 0.596. The van der Waals surface area contributed by atoms with Crippen LogP contribution >= 0.6 is 0 Å². The van der Waals surface area contributed by atoms with E-state index < -0.39 is 0 Å². The summed E-state index contributed by atoms with van der Waals surface area (Å²) in [6.07, 6.45) is 4.81. The lowest BCUT2D eigenvalue weighted by atomic mass is 9.82. The SMILES string of the molecule is CNC1CN(c2ncnc(C3CCC3)c2F)C1. The van der Waals surface area contributed by atoms with Gasteiger partial charge in [0.15, 0.2) is 11.6 Å². The van der Waals surface area contributed by atoms with Gasteiger partial charge >= 0.3 is 0 Å². The Morgan fingerprint density at radius 2 is 2.12 bits per heavy atom. The Morgan fingerprint density at radius 3 is 2.71 bits per heavy atom. The van der Waals surface area contributed by atoms with Crippen LogP contribution in [0.2, 0.25) is 0 Å². The van der Waals surface area contributed by atoms with Crippen molar-refractivity contribution in [1.82, 2.24) is 15.3 Å². The highest BCUT2D eigenvalue weighted by Crippen LogP contribution is 2.38. The van der Waals surface area contributed by atoms with E-state index in [0.29, 0.717) is 23.5 Å². The zero-order valence-corrected chi connectivity index (χ0v) is 9.99. The Hall–Kier alpha value is -1.23. The van der Waals surface area contributed by atoms with Crippen molar-refractivity contribution in [1.29, 1.82) is 0 Å². The molecule has 0 unspecified atom stereocenters. The summed E-state index contributed by atoms with van der Waals surface area (Å²) < 4.78 is 14.3. The number of aromatic nitrogens is 2. The van der Waals surface area contributed by atoms with Crippen LogP contribution in [0, 0.1) is 5.82 Å². The zero-order chi connectivity index (χ0) is 11.8. The summed E-state index contributed by atoms with van der Waals surface area (Å²) in [7, 11) is 1.93. The van der Waals surface area contributed by atoms with Crippen molar-refractivity contribution in [2.75, 3.05) is 25.0 Å². The van der Waals surface area contributed by atoms with Gasteiger partial charge in [-0.05, 0) is 19.9 Å². The van der Waals surface area contributed by atoms with Crippen LogP contribution in [0.3, 0.4) is 0 Å². The fraction of sp³-hybridized carbons (Fsp3) is 0.667. The minimum absolute atomic E-state index is 0.202. The molecule has 1 N–H and O–H groups in total.